The fraction of sp³-hybridized carbons (Fsp3) is 0.154. The summed E-state index contributed by atoms with van der Waals surface area (Å²) < 4.78 is 27.2. The first-order valence-corrected chi connectivity index (χ1v) is 7.88. The molecule has 0 atom stereocenters. The average molecular weight is 305 g/mol. The number of aromatic nitrogens is 3. The van der Waals surface area contributed by atoms with Crippen molar-refractivity contribution in [1.29, 1.82) is 0 Å². The first-order valence-electron chi connectivity index (χ1n) is 6.40. The van der Waals surface area contributed by atoms with Crippen LogP contribution in [0.15, 0.2) is 41.8 Å². The molecular weight excluding hydrogens is 290 g/mol. The van der Waals surface area contributed by atoms with Crippen molar-refractivity contribution in [2.75, 3.05) is 12.3 Å². The SMILES string of the molecule is Nc1ccc2c(S(=O)(=O)NCCc3cnc[nH]3)c[nH]c2c1. The Morgan fingerprint density at radius 3 is 2.90 bits per heavy atom. The standard InChI is InChI=1S/C13H15N5O2S/c14-9-1-2-11-12(5-9)16-7-13(11)21(19,20)18-4-3-10-6-15-8-17-10/h1-2,5-8,16,18H,3-4,14H2,(H,15,17). The summed E-state index contributed by atoms with van der Waals surface area (Å²) in [5, 5.41) is 0.623. The Morgan fingerprint density at radius 1 is 1.29 bits per heavy atom. The molecule has 0 bridgehead atoms. The van der Waals surface area contributed by atoms with Crippen molar-refractivity contribution in [3.63, 3.8) is 0 Å². The van der Waals surface area contributed by atoms with E-state index in [0.717, 1.165) is 5.69 Å². The van der Waals surface area contributed by atoms with Crippen LogP contribution < -0.4 is 10.5 Å². The van der Waals surface area contributed by atoms with Gasteiger partial charge in [0.1, 0.15) is 4.90 Å². The number of rotatable bonds is 5. The van der Waals surface area contributed by atoms with E-state index in [1.807, 2.05) is 0 Å². The molecule has 110 valence electrons. The van der Waals surface area contributed by atoms with Crippen molar-refractivity contribution in [3.8, 4) is 0 Å². The van der Waals surface area contributed by atoms with E-state index in [2.05, 4.69) is 19.7 Å². The number of sulfonamides is 1. The van der Waals surface area contributed by atoms with Crippen LogP contribution in [-0.2, 0) is 16.4 Å². The number of nitrogens with zero attached hydrogens (tertiary/aromatic N) is 1. The average Bonchev–Trinajstić information content (AvgIpc) is 3.06. The van der Waals surface area contributed by atoms with Gasteiger partial charge < -0.3 is 15.7 Å². The summed E-state index contributed by atoms with van der Waals surface area (Å²) in [4.78, 5) is 9.96. The normalized spacial score (nSPS) is 12.0. The summed E-state index contributed by atoms with van der Waals surface area (Å²) >= 11 is 0. The molecule has 8 heteroatoms. The molecule has 0 saturated heterocycles. The summed E-state index contributed by atoms with van der Waals surface area (Å²) in [6, 6.07) is 5.09. The number of benzene rings is 1. The van der Waals surface area contributed by atoms with E-state index in [1.165, 1.54) is 6.20 Å². The second kappa shape index (κ2) is 5.23. The Hall–Kier alpha value is -2.32. The molecule has 2 heterocycles. The van der Waals surface area contributed by atoms with Crippen LogP contribution in [0.5, 0.6) is 0 Å². The van der Waals surface area contributed by atoms with E-state index in [1.54, 1.807) is 30.7 Å². The van der Waals surface area contributed by atoms with Gasteiger partial charge in [-0.2, -0.15) is 0 Å². The van der Waals surface area contributed by atoms with Gasteiger partial charge in [0.15, 0.2) is 0 Å². The molecule has 0 spiro atoms. The number of imidazole rings is 1. The van der Waals surface area contributed by atoms with Gasteiger partial charge in [0, 0.05) is 47.6 Å². The number of anilines is 1. The lowest BCUT2D eigenvalue weighted by Crippen LogP contribution is -2.25. The highest BCUT2D eigenvalue weighted by Crippen LogP contribution is 2.24. The lowest BCUT2D eigenvalue weighted by Gasteiger charge is -2.05. The molecule has 0 fully saturated rings. The highest BCUT2D eigenvalue weighted by Gasteiger charge is 2.18. The van der Waals surface area contributed by atoms with Crippen LogP contribution in [0.1, 0.15) is 5.69 Å². The minimum absolute atomic E-state index is 0.224. The quantitative estimate of drug-likeness (QED) is 0.526. The molecule has 0 radical (unpaired) electrons. The maximum Gasteiger partial charge on any atom is 0.242 e. The first kappa shape index (κ1) is 13.7. The van der Waals surface area contributed by atoms with Gasteiger partial charge in [-0.1, -0.05) is 0 Å². The predicted molar refractivity (Wildman–Crippen MR) is 80.2 cm³/mol. The zero-order valence-electron chi connectivity index (χ0n) is 11.1. The van der Waals surface area contributed by atoms with Crippen LogP contribution in [0.4, 0.5) is 5.69 Å². The molecule has 0 aliphatic rings. The summed E-state index contributed by atoms with van der Waals surface area (Å²) in [5.74, 6) is 0. The lowest BCUT2D eigenvalue weighted by molar-refractivity contribution is 0.582. The van der Waals surface area contributed by atoms with Crippen LogP contribution in [0.2, 0.25) is 0 Å². The van der Waals surface area contributed by atoms with Crippen molar-refractivity contribution in [1.82, 2.24) is 19.7 Å². The summed E-state index contributed by atoms with van der Waals surface area (Å²) in [7, 11) is -3.57. The van der Waals surface area contributed by atoms with Crippen LogP contribution in [0, 0.1) is 0 Å². The molecule has 0 saturated carbocycles. The largest absolute Gasteiger partial charge is 0.399 e. The fourth-order valence-electron chi connectivity index (χ4n) is 2.16. The predicted octanol–water partition coefficient (Wildman–Crippen LogP) is 0.994. The zero-order valence-corrected chi connectivity index (χ0v) is 11.9. The van der Waals surface area contributed by atoms with Crippen molar-refractivity contribution >= 4 is 26.6 Å². The minimum Gasteiger partial charge on any atom is -0.399 e. The molecule has 1 aromatic carbocycles. The topological polar surface area (TPSA) is 117 Å². The van der Waals surface area contributed by atoms with Gasteiger partial charge in [-0.15, -0.1) is 0 Å². The van der Waals surface area contributed by atoms with Gasteiger partial charge in [0.2, 0.25) is 10.0 Å². The van der Waals surface area contributed by atoms with Gasteiger partial charge in [0.25, 0.3) is 0 Å². The van der Waals surface area contributed by atoms with Crippen LogP contribution in [-0.4, -0.2) is 29.9 Å². The third kappa shape index (κ3) is 2.76. The van der Waals surface area contributed by atoms with Crippen LogP contribution in [0.3, 0.4) is 0 Å². The van der Waals surface area contributed by atoms with E-state index < -0.39 is 10.0 Å². The maximum atomic E-state index is 12.3. The second-order valence-electron chi connectivity index (χ2n) is 4.68. The van der Waals surface area contributed by atoms with Crippen LogP contribution >= 0.6 is 0 Å². The molecule has 0 unspecified atom stereocenters. The van der Waals surface area contributed by atoms with E-state index in [9.17, 15) is 8.42 Å². The third-order valence-corrected chi connectivity index (χ3v) is 4.70. The summed E-state index contributed by atoms with van der Waals surface area (Å²) in [5.41, 5.74) is 7.84. The molecule has 2 aromatic heterocycles. The second-order valence-corrected chi connectivity index (χ2v) is 6.42. The Kier molecular flexibility index (Phi) is 3.40. The lowest BCUT2D eigenvalue weighted by atomic mass is 10.2. The Morgan fingerprint density at radius 2 is 2.14 bits per heavy atom. The Labute approximate surface area is 121 Å². The van der Waals surface area contributed by atoms with Crippen molar-refractivity contribution in [3.05, 3.63) is 42.6 Å². The van der Waals surface area contributed by atoms with Crippen molar-refractivity contribution in [2.24, 2.45) is 0 Å². The summed E-state index contributed by atoms with van der Waals surface area (Å²) in [6.07, 6.45) is 5.26. The number of H-pyrrole nitrogens is 2. The van der Waals surface area contributed by atoms with Gasteiger partial charge in [-0.3, -0.25) is 0 Å². The van der Waals surface area contributed by atoms with Gasteiger partial charge in [-0.25, -0.2) is 18.1 Å². The molecular formula is C13H15N5O2S. The highest BCUT2D eigenvalue weighted by molar-refractivity contribution is 7.89. The number of nitrogens with one attached hydrogen (secondary N) is 3. The number of nitrogens with two attached hydrogens (primary N) is 1. The summed E-state index contributed by atoms with van der Waals surface area (Å²) in [6.45, 7) is 0.298. The first-order chi connectivity index (χ1) is 10.1. The van der Waals surface area contributed by atoms with Gasteiger partial charge in [-0.05, 0) is 18.2 Å². The smallest absolute Gasteiger partial charge is 0.242 e. The molecule has 21 heavy (non-hydrogen) atoms. The highest BCUT2D eigenvalue weighted by atomic mass is 32.2. The van der Waals surface area contributed by atoms with E-state index >= 15 is 0 Å². The monoisotopic (exact) mass is 305 g/mol. The minimum atomic E-state index is -3.57. The molecule has 5 N–H and O–H groups in total. The number of fused-ring (bicyclic) bond motifs is 1. The van der Waals surface area contributed by atoms with Gasteiger partial charge in [0.05, 0.1) is 6.33 Å². The van der Waals surface area contributed by atoms with Crippen LogP contribution in [0.25, 0.3) is 10.9 Å². The maximum absolute atomic E-state index is 12.3. The van der Waals surface area contributed by atoms with Crippen molar-refractivity contribution < 1.29 is 8.42 Å². The molecule has 7 nitrogen and oxygen atoms in total. The number of hydrogen-bond donors (Lipinski definition) is 4. The number of nitrogen functional groups attached to an aromatic ring is 1. The molecule has 0 aliphatic carbocycles. The molecule has 3 rings (SSSR count). The van der Waals surface area contributed by atoms with Gasteiger partial charge >= 0.3 is 0 Å². The van der Waals surface area contributed by atoms with E-state index in [0.29, 0.717) is 29.6 Å². The number of aromatic amines is 2. The van der Waals surface area contributed by atoms with Crippen molar-refractivity contribution in [2.45, 2.75) is 11.3 Å². The number of hydrogen-bond acceptors (Lipinski definition) is 4. The fourth-order valence-corrected chi connectivity index (χ4v) is 3.37. The molecule has 0 amide bonds. The Bertz CT molecular complexity index is 852. The molecule has 3 aromatic rings. The molecule has 0 aliphatic heterocycles. The zero-order chi connectivity index (χ0) is 14.9. The van der Waals surface area contributed by atoms with E-state index in [4.69, 9.17) is 5.73 Å². The van der Waals surface area contributed by atoms with E-state index in [-0.39, 0.29) is 4.90 Å². The Balaban J connectivity index is 1.80. The third-order valence-electron chi connectivity index (χ3n) is 3.20.